The van der Waals surface area contributed by atoms with Crippen LogP contribution in [0.1, 0.15) is 101 Å². The Bertz CT molecular complexity index is 2330. The van der Waals surface area contributed by atoms with Gasteiger partial charge in [-0.15, -0.1) is 0 Å². The van der Waals surface area contributed by atoms with E-state index in [4.69, 9.17) is 0 Å². The summed E-state index contributed by atoms with van der Waals surface area (Å²) in [5.74, 6) is 2.29. The van der Waals surface area contributed by atoms with Crippen LogP contribution < -0.4 is 21.2 Å². The van der Waals surface area contributed by atoms with Crippen LogP contribution in [0.15, 0.2) is 97.1 Å². The van der Waals surface area contributed by atoms with Crippen LogP contribution in [-0.4, -0.2) is 8.11 Å². The first-order valence-corrected chi connectivity index (χ1v) is 28.5. The fourth-order valence-corrected chi connectivity index (χ4v) is 129. The van der Waals surface area contributed by atoms with Crippen LogP contribution in [0.3, 0.4) is 0 Å². The summed E-state index contributed by atoms with van der Waals surface area (Å²) in [7, 11) is -0.798. The van der Waals surface area contributed by atoms with Gasteiger partial charge in [0.05, 0.1) is 0 Å². The Morgan fingerprint density at radius 2 is 0.612 bits per heavy atom. The fraction of sp³-hybridized carbons (Fsp3) is 0.478. The molecule has 14 rings (SSSR count). The Labute approximate surface area is 287 Å². The molecular formula is C46H52FeP2. The van der Waals surface area contributed by atoms with Gasteiger partial charge in [-0.05, 0) is 0 Å². The van der Waals surface area contributed by atoms with E-state index in [0.717, 1.165) is 8.11 Å². The quantitative estimate of drug-likeness (QED) is 0.113. The van der Waals surface area contributed by atoms with Crippen LogP contribution >= 0.6 is 15.8 Å². The van der Waals surface area contributed by atoms with Crippen molar-refractivity contribution >= 4 is 37.1 Å². The van der Waals surface area contributed by atoms with Crippen LogP contribution in [0.2, 0.25) is 38.5 Å². The Morgan fingerprint density at radius 3 is 0.816 bits per heavy atom. The van der Waals surface area contributed by atoms with Gasteiger partial charge in [0.25, 0.3) is 0 Å². The minimum absolute atomic E-state index is 0.399. The molecule has 0 radical (unpaired) electrons. The first-order chi connectivity index (χ1) is 23.4. The molecule has 0 aromatic heterocycles. The summed E-state index contributed by atoms with van der Waals surface area (Å²) in [5.41, 5.74) is 6.70. The van der Waals surface area contributed by atoms with E-state index in [1.165, 1.54) is 38.5 Å². The fourth-order valence-electron chi connectivity index (χ4n) is 23.2. The van der Waals surface area contributed by atoms with Gasteiger partial charge in [-0.2, -0.15) is 0 Å². The van der Waals surface area contributed by atoms with Gasteiger partial charge in [0, 0.05) is 0 Å². The minimum atomic E-state index is -4.15. The standard InChI is InChI=1S/2C23H26P.Fe/c2*1-17(2)20-13-7-9-15-22(20)24(19-11-5-6-12-19)23-16-10-8-14-21(23)18(3)4;/h2*5-18H,1-4H3;. The van der Waals surface area contributed by atoms with E-state index in [9.17, 15) is 0 Å². The summed E-state index contributed by atoms with van der Waals surface area (Å²) < 4.78 is 1.44. The van der Waals surface area contributed by atoms with Gasteiger partial charge in [-0.1, -0.05) is 0 Å². The van der Waals surface area contributed by atoms with Gasteiger partial charge in [-0.3, -0.25) is 0 Å². The summed E-state index contributed by atoms with van der Waals surface area (Å²) in [6.07, 6.45) is 0. The van der Waals surface area contributed by atoms with Crippen molar-refractivity contribution in [1.82, 2.24) is 0 Å². The van der Waals surface area contributed by atoms with Crippen LogP contribution in [0.4, 0.5) is 0 Å². The molecule has 8 unspecified atom stereocenters. The van der Waals surface area contributed by atoms with Crippen LogP contribution in [0.25, 0.3) is 0 Å². The van der Waals surface area contributed by atoms with Gasteiger partial charge >= 0.3 is 289 Å². The molecule has 0 N–H and O–H groups in total. The number of hydrogen-bond acceptors (Lipinski definition) is 0. The predicted octanol–water partition coefficient (Wildman–Crippen LogP) is 12.0. The zero-order valence-corrected chi connectivity index (χ0v) is 33.3. The number of fused-ring (bicyclic) bond motifs is 10. The van der Waals surface area contributed by atoms with E-state index in [1.54, 1.807) is 22.3 Å². The third-order valence-electron chi connectivity index (χ3n) is 22.5. The van der Waals surface area contributed by atoms with Crippen molar-refractivity contribution in [1.29, 1.82) is 0 Å². The number of hydrogen-bond donors (Lipinski definition) is 0. The molecule has 3 heteroatoms. The van der Waals surface area contributed by atoms with E-state index >= 15 is 0 Å². The maximum atomic E-state index is 2.67. The Balaban J connectivity index is 1.09. The van der Waals surface area contributed by atoms with Crippen molar-refractivity contribution in [3.8, 4) is 0 Å². The van der Waals surface area contributed by atoms with Gasteiger partial charge in [0.2, 0.25) is 0 Å². The molecule has 10 heterocycles. The molecule has 0 aliphatic carbocycles. The molecule has 10 aliphatic rings. The second-order valence-electron chi connectivity index (χ2n) is 21.2. The maximum absolute atomic E-state index is 4.15. The number of rotatable bonds is 10. The second-order valence-corrected chi connectivity index (χ2v) is 50.0. The van der Waals surface area contributed by atoms with E-state index in [2.05, 4.69) is 152 Å². The Kier molecular flexibility index (Phi) is 2.86. The zero-order valence-electron chi connectivity index (χ0n) is 30.4. The third kappa shape index (κ3) is 0.929. The van der Waals surface area contributed by atoms with Crippen molar-refractivity contribution in [3.05, 3.63) is 119 Å². The summed E-state index contributed by atoms with van der Waals surface area (Å²) in [5, 5.41) is 7.27. The van der Waals surface area contributed by atoms with Crippen LogP contribution in [0.5, 0.6) is 0 Å². The van der Waals surface area contributed by atoms with Crippen molar-refractivity contribution in [2.24, 2.45) is 0 Å². The molecule has 10 saturated heterocycles. The predicted molar refractivity (Wildman–Crippen MR) is 210 cm³/mol. The molecule has 4 aromatic carbocycles. The van der Waals surface area contributed by atoms with Gasteiger partial charge < -0.3 is 0 Å². The van der Waals surface area contributed by atoms with Crippen molar-refractivity contribution < 1.29 is 6.51 Å². The molecule has 4 aromatic rings. The molecule has 0 bridgehead atoms. The molecule has 254 valence electrons. The SMILES string of the molecule is CC(C)c1ccccc1P(c1ccccc1C(C)C)[C]12[CH]3[CH]4[CH]5[CH]1[Fe]45321678[CH]2[CH]1[CH]6[C]7(P(c1ccccc1C(C)C)c1ccccc1C(C)C)[CH]28. The van der Waals surface area contributed by atoms with E-state index in [0.29, 0.717) is 23.7 Å². The summed E-state index contributed by atoms with van der Waals surface area (Å²) in [6, 6.07) is 40.0. The first kappa shape index (κ1) is 27.9. The van der Waals surface area contributed by atoms with E-state index in [-0.39, 0.29) is 0 Å². The third-order valence-corrected chi connectivity index (χ3v) is 79.5. The molecule has 49 heavy (non-hydrogen) atoms. The average molecular weight is 723 g/mol. The zero-order chi connectivity index (χ0) is 33.3. The molecule has 0 nitrogen and oxygen atoms in total. The summed E-state index contributed by atoms with van der Waals surface area (Å²) in [6.45, 7) is 15.7. The second kappa shape index (κ2) is 5.03. The summed E-state index contributed by atoms with van der Waals surface area (Å²) >= 11 is 0. The topological polar surface area (TPSA) is 0 Å². The van der Waals surface area contributed by atoms with Gasteiger partial charge in [-0.25, -0.2) is 0 Å². The van der Waals surface area contributed by atoms with Gasteiger partial charge in [0.15, 0.2) is 0 Å². The summed E-state index contributed by atoms with van der Waals surface area (Å²) in [4.78, 5) is 9.74. The monoisotopic (exact) mass is 722 g/mol. The van der Waals surface area contributed by atoms with Crippen LogP contribution in [-0.2, 0) is 6.51 Å². The Morgan fingerprint density at radius 1 is 0.388 bits per heavy atom. The average Bonchev–Trinajstić information content (AvgIpc) is 4.05. The van der Waals surface area contributed by atoms with Crippen molar-refractivity contribution in [2.75, 3.05) is 0 Å². The molecule has 10 aliphatic heterocycles. The normalized spacial score (nSPS) is 51.1. The van der Waals surface area contributed by atoms with Crippen LogP contribution in [0, 0.1) is 0 Å². The van der Waals surface area contributed by atoms with Gasteiger partial charge in [0.1, 0.15) is 0 Å². The van der Waals surface area contributed by atoms with E-state index in [1.807, 2.05) is 21.2 Å². The molecule has 0 amide bonds. The molecule has 8 atom stereocenters. The molecule has 10 fully saturated rings. The molecule has 0 saturated carbocycles. The molecule has 1 spiro atoms. The van der Waals surface area contributed by atoms with E-state index < -0.39 is 22.4 Å². The Hall–Kier alpha value is -1.74. The number of benzene rings is 4. The van der Waals surface area contributed by atoms with Crippen molar-refractivity contribution in [3.63, 3.8) is 0 Å². The molecular weight excluding hydrogens is 670 g/mol. The first-order valence-electron chi connectivity index (χ1n) is 19.6. The van der Waals surface area contributed by atoms with Crippen molar-refractivity contribution in [2.45, 2.75) is 126 Å².